The highest BCUT2D eigenvalue weighted by Gasteiger charge is 2.40. The van der Waals surface area contributed by atoms with Crippen LogP contribution in [0.4, 0.5) is 4.79 Å². The van der Waals surface area contributed by atoms with Crippen molar-refractivity contribution in [1.29, 1.82) is 0 Å². The van der Waals surface area contributed by atoms with Gasteiger partial charge in [-0.15, -0.1) is 0 Å². The molecule has 1 saturated heterocycles. The van der Waals surface area contributed by atoms with Crippen LogP contribution in [-0.4, -0.2) is 40.3 Å². The number of nitrogens with zero attached hydrogens (tertiary/aromatic N) is 1. The Kier molecular flexibility index (Phi) is 3.57. The summed E-state index contributed by atoms with van der Waals surface area (Å²) in [5.41, 5.74) is -1.11. The predicted molar refractivity (Wildman–Crippen MR) is 57.7 cm³/mol. The molecule has 5 nitrogen and oxygen atoms in total. The summed E-state index contributed by atoms with van der Waals surface area (Å²) >= 11 is 0. The third-order valence-corrected chi connectivity index (χ3v) is 2.53. The summed E-state index contributed by atoms with van der Waals surface area (Å²) in [6, 6.07) is -0.220. The van der Waals surface area contributed by atoms with E-state index in [2.05, 4.69) is 0 Å². The number of amides is 2. The summed E-state index contributed by atoms with van der Waals surface area (Å²) in [5.74, 6) is -0.231. The quantitative estimate of drug-likeness (QED) is 0.788. The van der Waals surface area contributed by atoms with E-state index in [1.807, 2.05) is 13.8 Å². The number of cyclic esters (lactones) is 1. The van der Waals surface area contributed by atoms with Crippen LogP contribution in [0.1, 0.15) is 34.1 Å². The molecular weight excluding hydrogens is 210 g/mol. The summed E-state index contributed by atoms with van der Waals surface area (Å²) in [7, 11) is 0. The fourth-order valence-corrected chi connectivity index (χ4v) is 1.67. The van der Waals surface area contributed by atoms with Crippen LogP contribution in [-0.2, 0) is 9.53 Å². The molecule has 0 aromatic heterocycles. The van der Waals surface area contributed by atoms with Crippen LogP contribution in [0.3, 0.4) is 0 Å². The molecule has 0 aromatic rings. The van der Waals surface area contributed by atoms with Gasteiger partial charge in [0.15, 0.2) is 0 Å². The number of ether oxygens (including phenoxy) is 1. The lowest BCUT2D eigenvalue weighted by atomic mass is 10.0. The molecule has 2 amide bonds. The topological polar surface area (TPSA) is 66.8 Å². The van der Waals surface area contributed by atoms with Crippen LogP contribution in [0.25, 0.3) is 0 Å². The summed E-state index contributed by atoms with van der Waals surface area (Å²) in [4.78, 5) is 24.4. The fraction of sp³-hybridized carbons (Fsp3) is 0.818. The summed E-state index contributed by atoms with van der Waals surface area (Å²) in [6.07, 6.45) is -0.682. The minimum atomic E-state index is -1.11. The first-order valence-corrected chi connectivity index (χ1v) is 5.43. The number of rotatable bonds is 3. The van der Waals surface area contributed by atoms with Gasteiger partial charge in [0.25, 0.3) is 0 Å². The lowest BCUT2D eigenvalue weighted by molar-refractivity contribution is -0.133. The molecule has 1 N–H and O–H groups in total. The number of carbonyl (C=O) groups excluding carboxylic acids is 2. The first-order valence-electron chi connectivity index (χ1n) is 5.43. The molecule has 0 saturated carbocycles. The van der Waals surface area contributed by atoms with E-state index in [1.54, 1.807) is 0 Å². The Morgan fingerprint density at radius 2 is 2.19 bits per heavy atom. The van der Waals surface area contributed by atoms with Crippen molar-refractivity contribution >= 4 is 12.0 Å². The molecule has 1 atom stereocenters. The third-order valence-electron chi connectivity index (χ3n) is 2.53. The van der Waals surface area contributed by atoms with E-state index in [4.69, 9.17) is 4.74 Å². The number of hydrogen-bond acceptors (Lipinski definition) is 4. The second kappa shape index (κ2) is 4.41. The van der Waals surface area contributed by atoms with Gasteiger partial charge in [-0.05, 0) is 19.8 Å². The highest BCUT2D eigenvalue weighted by molar-refractivity contribution is 5.93. The van der Waals surface area contributed by atoms with Crippen LogP contribution in [0.5, 0.6) is 0 Å². The molecule has 92 valence electrons. The summed E-state index contributed by atoms with van der Waals surface area (Å²) < 4.78 is 4.86. The van der Waals surface area contributed by atoms with E-state index in [-0.39, 0.29) is 30.9 Å². The largest absolute Gasteiger partial charge is 0.447 e. The van der Waals surface area contributed by atoms with Gasteiger partial charge in [0.05, 0.1) is 18.1 Å². The first kappa shape index (κ1) is 13.0. The van der Waals surface area contributed by atoms with E-state index in [0.29, 0.717) is 0 Å². The number of aliphatic hydroxyl groups is 1. The van der Waals surface area contributed by atoms with Crippen molar-refractivity contribution in [2.24, 2.45) is 5.92 Å². The van der Waals surface area contributed by atoms with Gasteiger partial charge in [0.1, 0.15) is 6.61 Å². The normalized spacial score (nSPS) is 21.5. The zero-order valence-electron chi connectivity index (χ0n) is 10.2. The number of carbonyl (C=O) groups is 2. The van der Waals surface area contributed by atoms with Crippen LogP contribution >= 0.6 is 0 Å². The van der Waals surface area contributed by atoms with Gasteiger partial charge >= 0.3 is 6.09 Å². The smallest absolute Gasteiger partial charge is 0.416 e. The fourth-order valence-electron chi connectivity index (χ4n) is 1.67. The van der Waals surface area contributed by atoms with Crippen LogP contribution in [0.2, 0.25) is 0 Å². The molecule has 0 aromatic carbocycles. The van der Waals surface area contributed by atoms with Crippen molar-refractivity contribution in [3.05, 3.63) is 0 Å². The molecule has 16 heavy (non-hydrogen) atoms. The molecule has 0 aliphatic carbocycles. The molecule has 1 fully saturated rings. The molecular formula is C11H19NO4. The number of imide groups is 1. The van der Waals surface area contributed by atoms with E-state index in [9.17, 15) is 14.7 Å². The maximum absolute atomic E-state index is 11.9. The molecule has 0 unspecified atom stereocenters. The first-order chi connectivity index (χ1) is 7.22. The average molecular weight is 229 g/mol. The molecule has 0 radical (unpaired) electrons. The number of hydrogen-bond donors (Lipinski definition) is 1. The second-order valence-corrected chi connectivity index (χ2v) is 5.14. The van der Waals surface area contributed by atoms with Gasteiger partial charge in [-0.25, -0.2) is 9.69 Å². The van der Waals surface area contributed by atoms with Gasteiger partial charge in [0.2, 0.25) is 5.91 Å². The van der Waals surface area contributed by atoms with Crippen molar-refractivity contribution in [2.45, 2.75) is 45.8 Å². The Balaban J connectivity index is 2.76. The lowest BCUT2D eigenvalue weighted by Gasteiger charge is -2.25. The van der Waals surface area contributed by atoms with E-state index >= 15 is 0 Å². The maximum Gasteiger partial charge on any atom is 0.416 e. The summed E-state index contributed by atoms with van der Waals surface area (Å²) in [5, 5.41) is 9.56. The molecule has 1 heterocycles. The minimum Gasteiger partial charge on any atom is -0.447 e. The SMILES string of the molecule is CC(C)[C@H]1COC(=O)N1C(=O)CC(C)(C)O. The van der Waals surface area contributed by atoms with Crippen LogP contribution in [0.15, 0.2) is 0 Å². The lowest BCUT2D eigenvalue weighted by Crippen LogP contribution is -2.44. The Morgan fingerprint density at radius 1 is 1.62 bits per heavy atom. The molecule has 1 aliphatic rings. The van der Waals surface area contributed by atoms with Crippen molar-refractivity contribution in [3.63, 3.8) is 0 Å². The monoisotopic (exact) mass is 229 g/mol. The molecule has 1 aliphatic heterocycles. The Hall–Kier alpha value is -1.10. The van der Waals surface area contributed by atoms with E-state index in [1.165, 1.54) is 13.8 Å². The Bertz CT molecular complexity index is 293. The van der Waals surface area contributed by atoms with Crippen LogP contribution in [0, 0.1) is 5.92 Å². The standard InChI is InChI=1S/C11H19NO4/c1-7(2)8-6-16-10(14)12(8)9(13)5-11(3,4)15/h7-8,15H,5-6H2,1-4H3/t8-/m1/s1. The van der Waals surface area contributed by atoms with Crippen molar-refractivity contribution in [3.8, 4) is 0 Å². The highest BCUT2D eigenvalue weighted by atomic mass is 16.6. The van der Waals surface area contributed by atoms with Crippen molar-refractivity contribution < 1.29 is 19.4 Å². The van der Waals surface area contributed by atoms with E-state index < -0.39 is 11.7 Å². The summed E-state index contributed by atoms with van der Waals surface area (Å²) in [6.45, 7) is 7.18. The Labute approximate surface area is 95.4 Å². The Morgan fingerprint density at radius 3 is 2.62 bits per heavy atom. The predicted octanol–water partition coefficient (Wildman–Crippen LogP) is 1.15. The average Bonchev–Trinajstić information content (AvgIpc) is 2.43. The van der Waals surface area contributed by atoms with Crippen molar-refractivity contribution in [1.82, 2.24) is 4.90 Å². The van der Waals surface area contributed by atoms with E-state index in [0.717, 1.165) is 4.90 Å². The van der Waals surface area contributed by atoms with Crippen molar-refractivity contribution in [2.75, 3.05) is 6.61 Å². The maximum atomic E-state index is 11.9. The van der Waals surface area contributed by atoms with Gasteiger partial charge < -0.3 is 9.84 Å². The second-order valence-electron chi connectivity index (χ2n) is 5.14. The molecule has 0 bridgehead atoms. The van der Waals surface area contributed by atoms with Gasteiger partial charge in [-0.3, -0.25) is 4.79 Å². The van der Waals surface area contributed by atoms with Crippen LogP contribution < -0.4 is 0 Å². The van der Waals surface area contributed by atoms with Gasteiger partial charge in [-0.2, -0.15) is 0 Å². The van der Waals surface area contributed by atoms with Gasteiger partial charge in [-0.1, -0.05) is 13.8 Å². The molecule has 1 rings (SSSR count). The zero-order valence-corrected chi connectivity index (χ0v) is 10.2. The molecule has 5 heteroatoms. The molecule has 0 spiro atoms. The third kappa shape index (κ3) is 2.95. The highest BCUT2D eigenvalue weighted by Crippen LogP contribution is 2.22. The zero-order chi connectivity index (χ0) is 12.5. The minimum absolute atomic E-state index is 0.0781. The van der Waals surface area contributed by atoms with Gasteiger partial charge in [0, 0.05) is 0 Å².